The molecule has 1 amide bonds. The van der Waals surface area contributed by atoms with Gasteiger partial charge in [0.1, 0.15) is 18.2 Å². The van der Waals surface area contributed by atoms with E-state index in [2.05, 4.69) is 35.8 Å². The predicted molar refractivity (Wildman–Crippen MR) is 141 cm³/mol. The molecule has 0 radical (unpaired) electrons. The van der Waals surface area contributed by atoms with Gasteiger partial charge in [-0.05, 0) is 23.8 Å². The highest BCUT2D eigenvalue weighted by Crippen LogP contribution is 2.28. The van der Waals surface area contributed by atoms with Gasteiger partial charge in [-0.2, -0.15) is 5.10 Å². The minimum absolute atomic E-state index is 0.215. The Morgan fingerprint density at radius 1 is 1.08 bits per heavy atom. The summed E-state index contributed by atoms with van der Waals surface area (Å²) < 4.78 is 2.80. The number of H-pyrrole nitrogens is 1. The highest BCUT2D eigenvalue weighted by Gasteiger charge is 2.23. The maximum Gasteiger partial charge on any atom is 0.254 e. The number of hydrogen-bond acceptors (Lipinski definition) is 7. The van der Waals surface area contributed by atoms with Crippen LogP contribution in [0.3, 0.4) is 0 Å². The largest absolute Gasteiger partial charge is 0.354 e. The van der Waals surface area contributed by atoms with Crippen molar-refractivity contribution in [2.24, 2.45) is 0 Å². The van der Waals surface area contributed by atoms with Crippen molar-refractivity contribution in [3.8, 4) is 16.9 Å². The van der Waals surface area contributed by atoms with E-state index < -0.39 is 11.6 Å². The van der Waals surface area contributed by atoms with Crippen LogP contribution in [0, 0.1) is 0 Å². The smallest absolute Gasteiger partial charge is 0.254 e. The molecule has 3 heterocycles. The van der Waals surface area contributed by atoms with Crippen molar-refractivity contribution in [3.63, 3.8) is 0 Å². The third kappa shape index (κ3) is 5.79. The normalized spacial score (nSPS) is 11.8. The first kappa shape index (κ1) is 25.3. The van der Waals surface area contributed by atoms with Crippen LogP contribution in [-0.4, -0.2) is 52.2 Å². The summed E-state index contributed by atoms with van der Waals surface area (Å²) in [6.45, 7) is 0.325. The van der Waals surface area contributed by atoms with Gasteiger partial charge in [0.05, 0.1) is 23.9 Å². The maximum absolute atomic E-state index is 13.4. The zero-order valence-corrected chi connectivity index (χ0v) is 21.3. The molecule has 1 unspecified atom stereocenters. The average Bonchev–Trinajstić information content (AvgIpc) is 3.60. The molecule has 5 rings (SSSR count). The fraction of sp³-hybridized carbons (Fsp3) is 0.160. The van der Waals surface area contributed by atoms with Gasteiger partial charge in [0, 0.05) is 36.0 Å². The summed E-state index contributed by atoms with van der Waals surface area (Å²) in [7, 11) is 0. The Morgan fingerprint density at radius 3 is 2.63 bits per heavy atom. The molecule has 0 spiro atoms. The Hall–Kier alpha value is -4.35. The second-order valence-electron chi connectivity index (χ2n) is 8.35. The third-order valence-electron chi connectivity index (χ3n) is 5.82. The molecule has 0 fully saturated rings. The van der Waals surface area contributed by atoms with E-state index in [0.717, 1.165) is 5.56 Å². The van der Waals surface area contributed by atoms with Gasteiger partial charge >= 0.3 is 0 Å². The van der Waals surface area contributed by atoms with Crippen LogP contribution in [0.25, 0.3) is 16.9 Å². The molecule has 13 heteroatoms. The number of rotatable bonds is 9. The average molecular weight is 550 g/mol. The molecular weight excluding hydrogens is 529 g/mol. The molecule has 0 aliphatic heterocycles. The highest BCUT2D eigenvalue weighted by molar-refractivity contribution is 6.31. The van der Waals surface area contributed by atoms with Gasteiger partial charge in [0.2, 0.25) is 5.91 Å². The zero-order valence-electron chi connectivity index (χ0n) is 19.8. The van der Waals surface area contributed by atoms with Gasteiger partial charge in [0.25, 0.3) is 5.56 Å². The molecule has 2 N–H and O–H groups in total. The molecule has 0 saturated carbocycles. The Morgan fingerprint density at radius 2 is 1.92 bits per heavy atom. The van der Waals surface area contributed by atoms with Gasteiger partial charge < -0.3 is 5.32 Å². The second-order valence-corrected chi connectivity index (χ2v) is 9.17. The van der Waals surface area contributed by atoms with E-state index in [1.54, 1.807) is 18.2 Å². The first-order valence-corrected chi connectivity index (χ1v) is 12.4. The van der Waals surface area contributed by atoms with Crippen LogP contribution < -0.4 is 10.9 Å². The van der Waals surface area contributed by atoms with Crippen molar-refractivity contribution in [2.45, 2.75) is 18.9 Å². The number of aromatic nitrogens is 8. The summed E-state index contributed by atoms with van der Waals surface area (Å²) in [5.41, 5.74) is 2.01. The van der Waals surface area contributed by atoms with E-state index in [9.17, 15) is 9.59 Å². The molecule has 0 aliphatic rings. The van der Waals surface area contributed by atoms with Crippen molar-refractivity contribution < 1.29 is 4.79 Å². The molecule has 11 nitrogen and oxygen atoms in total. The highest BCUT2D eigenvalue weighted by atomic mass is 35.5. The number of nitrogens with one attached hydrogen (secondary N) is 2. The van der Waals surface area contributed by atoms with Crippen LogP contribution >= 0.6 is 23.2 Å². The van der Waals surface area contributed by atoms with E-state index >= 15 is 0 Å². The molecular formula is C25H21Cl2N9O2. The Kier molecular flexibility index (Phi) is 7.57. The van der Waals surface area contributed by atoms with Crippen LogP contribution in [0.15, 0.2) is 78.2 Å². The summed E-state index contributed by atoms with van der Waals surface area (Å²) in [4.78, 5) is 35.2. The SMILES string of the molecule is O=C(NCCc1ncn[nH]1)C(Cc1ccccc1)n1cnc(-c2cc(Cl)ccc2-n2cc(Cl)nn2)cc1=O. The Labute approximate surface area is 226 Å². The quantitative estimate of drug-likeness (QED) is 0.288. The minimum atomic E-state index is -0.825. The molecule has 0 aliphatic carbocycles. The number of halogens is 2. The lowest BCUT2D eigenvalue weighted by molar-refractivity contribution is -0.124. The van der Waals surface area contributed by atoms with Crippen molar-refractivity contribution in [1.29, 1.82) is 0 Å². The van der Waals surface area contributed by atoms with Gasteiger partial charge in [-0.25, -0.2) is 14.6 Å². The Bertz CT molecular complexity index is 1600. The van der Waals surface area contributed by atoms with Crippen molar-refractivity contribution in [2.75, 3.05) is 6.54 Å². The number of aromatic amines is 1. The first-order valence-electron chi connectivity index (χ1n) is 11.6. The lowest BCUT2D eigenvalue weighted by Gasteiger charge is -2.20. The van der Waals surface area contributed by atoms with Gasteiger partial charge in [0.15, 0.2) is 5.15 Å². The fourth-order valence-corrected chi connectivity index (χ4v) is 4.29. The Balaban J connectivity index is 1.46. The number of amides is 1. The van der Waals surface area contributed by atoms with Crippen LogP contribution in [0.4, 0.5) is 0 Å². The van der Waals surface area contributed by atoms with Crippen molar-refractivity contribution >= 4 is 29.1 Å². The number of nitrogens with zero attached hydrogens (tertiary/aromatic N) is 7. The monoisotopic (exact) mass is 549 g/mol. The van der Waals surface area contributed by atoms with E-state index in [1.165, 1.54) is 34.2 Å². The summed E-state index contributed by atoms with van der Waals surface area (Å²) >= 11 is 12.2. The van der Waals surface area contributed by atoms with Crippen LogP contribution in [0.2, 0.25) is 10.2 Å². The molecule has 38 heavy (non-hydrogen) atoms. The molecule has 2 aromatic carbocycles. The minimum Gasteiger partial charge on any atom is -0.354 e. The van der Waals surface area contributed by atoms with Crippen LogP contribution in [-0.2, 0) is 17.6 Å². The van der Waals surface area contributed by atoms with Crippen LogP contribution in [0.5, 0.6) is 0 Å². The number of hydrogen-bond donors (Lipinski definition) is 2. The van der Waals surface area contributed by atoms with Crippen molar-refractivity contribution in [1.82, 2.24) is 45.0 Å². The van der Waals surface area contributed by atoms with E-state index in [1.807, 2.05) is 30.3 Å². The topological polar surface area (TPSA) is 136 Å². The van der Waals surface area contributed by atoms with Gasteiger partial charge in [-0.3, -0.25) is 19.3 Å². The molecule has 0 saturated heterocycles. The summed E-state index contributed by atoms with van der Waals surface area (Å²) in [6, 6.07) is 15.1. The van der Waals surface area contributed by atoms with E-state index in [-0.39, 0.29) is 11.1 Å². The second kappa shape index (κ2) is 11.4. The van der Waals surface area contributed by atoms with E-state index in [4.69, 9.17) is 23.2 Å². The summed E-state index contributed by atoms with van der Waals surface area (Å²) in [5.74, 6) is 0.338. The van der Waals surface area contributed by atoms with Gasteiger partial charge in [-0.15, -0.1) is 5.10 Å². The molecule has 5 aromatic rings. The standard InChI is InChI=1S/C25H21Cl2N9O2/c26-17-6-7-20(36-13-22(27)32-34-36)18(11-17)19-12-24(37)35(15-30-19)21(10-16-4-2-1-3-5-16)25(38)28-9-8-23-29-14-31-33-23/h1-7,11-15,21H,8-10H2,(H,28,38)(H,29,31,33). The first-order chi connectivity index (χ1) is 18.5. The zero-order chi connectivity index (χ0) is 26.5. The molecule has 192 valence electrons. The maximum atomic E-state index is 13.4. The number of carbonyl (C=O) groups is 1. The van der Waals surface area contributed by atoms with Crippen molar-refractivity contribution in [3.05, 3.63) is 105 Å². The molecule has 1 atom stereocenters. The van der Waals surface area contributed by atoms with E-state index in [0.29, 0.717) is 47.2 Å². The van der Waals surface area contributed by atoms with Crippen LogP contribution in [0.1, 0.15) is 17.4 Å². The molecule has 0 bridgehead atoms. The van der Waals surface area contributed by atoms with Gasteiger partial charge in [-0.1, -0.05) is 58.7 Å². The number of carbonyl (C=O) groups excluding carboxylic acids is 1. The lowest BCUT2D eigenvalue weighted by Crippen LogP contribution is -2.39. The fourth-order valence-electron chi connectivity index (χ4n) is 3.99. The molecule has 3 aromatic heterocycles. The summed E-state index contributed by atoms with van der Waals surface area (Å²) in [5, 5.41) is 17.9. The summed E-state index contributed by atoms with van der Waals surface area (Å²) in [6.07, 6.45) is 5.09. The lowest BCUT2D eigenvalue weighted by atomic mass is 10.0. The third-order valence-corrected chi connectivity index (χ3v) is 6.23. The number of benzene rings is 2. The predicted octanol–water partition coefficient (Wildman–Crippen LogP) is 3.06.